The maximum absolute atomic E-state index is 15.0. The number of aromatic nitrogens is 5. The summed E-state index contributed by atoms with van der Waals surface area (Å²) in [6.07, 6.45) is 4.49. The lowest BCUT2D eigenvalue weighted by atomic mass is 9.91. The minimum absolute atomic E-state index is 0.107. The van der Waals surface area contributed by atoms with Gasteiger partial charge in [-0.2, -0.15) is 5.10 Å². The van der Waals surface area contributed by atoms with Gasteiger partial charge in [-0.05, 0) is 92.5 Å². The van der Waals surface area contributed by atoms with Crippen molar-refractivity contribution in [3.05, 3.63) is 99.2 Å². The molecule has 3 aliphatic rings. The summed E-state index contributed by atoms with van der Waals surface area (Å²) in [5.41, 5.74) is 3.23. The van der Waals surface area contributed by atoms with Crippen molar-refractivity contribution in [3.63, 3.8) is 0 Å². The molecule has 14 heteroatoms. The van der Waals surface area contributed by atoms with E-state index in [0.717, 1.165) is 35.0 Å². The van der Waals surface area contributed by atoms with E-state index in [4.69, 9.17) is 15.2 Å². The lowest BCUT2D eigenvalue weighted by Crippen LogP contribution is -2.45. The second-order valence-corrected chi connectivity index (χ2v) is 14.0. The molecule has 2 aliphatic heterocycles. The quantitative estimate of drug-likeness (QED) is 0.138. The number of amidine groups is 1. The number of ether oxygens (including phenoxy) is 1. The third-order valence-corrected chi connectivity index (χ3v) is 11.0. The third kappa shape index (κ3) is 5.19. The van der Waals surface area contributed by atoms with Gasteiger partial charge < -0.3 is 24.3 Å². The van der Waals surface area contributed by atoms with E-state index in [1.807, 2.05) is 30.5 Å². The number of benzene rings is 2. The van der Waals surface area contributed by atoms with Crippen molar-refractivity contribution >= 4 is 28.7 Å². The van der Waals surface area contributed by atoms with Crippen molar-refractivity contribution in [3.8, 4) is 11.5 Å². The number of aryl methyl sites for hydroxylation is 1. The highest BCUT2D eigenvalue weighted by molar-refractivity contribution is 6.05. The van der Waals surface area contributed by atoms with Crippen LogP contribution in [0.1, 0.15) is 77.9 Å². The number of carbonyl (C=O) groups is 2. The number of rotatable bonds is 6. The number of fused-ring (bicyclic) bond motifs is 2. The zero-order chi connectivity index (χ0) is 35.8. The second kappa shape index (κ2) is 12.1. The van der Waals surface area contributed by atoms with Gasteiger partial charge in [0, 0.05) is 55.0 Å². The molecule has 4 N–H and O–H groups in total. The number of carbonyl (C=O) groups excluding carboxylic acids is 1. The van der Waals surface area contributed by atoms with Crippen LogP contribution in [-0.4, -0.2) is 71.5 Å². The molecular weight excluding hydrogens is 655 g/mol. The summed E-state index contributed by atoms with van der Waals surface area (Å²) in [4.78, 5) is 44.3. The molecule has 2 aromatic carbocycles. The fraction of sp³-hybridized carbons (Fsp3) is 0.378. The van der Waals surface area contributed by atoms with Crippen LogP contribution in [0.3, 0.4) is 0 Å². The second-order valence-electron chi connectivity index (χ2n) is 14.0. The molecule has 1 saturated heterocycles. The summed E-state index contributed by atoms with van der Waals surface area (Å²) in [7, 11) is 0. The smallest absolute Gasteiger partial charge is 0.410 e. The zero-order valence-corrected chi connectivity index (χ0v) is 28.6. The van der Waals surface area contributed by atoms with E-state index in [9.17, 15) is 23.9 Å². The number of amides is 2. The van der Waals surface area contributed by atoms with E-state index < -0.39 is 17.7 Å². The van der Waals surface area contributed by atoms with Crippen LogP contribution >= 0.6 is 0 Å². The molecular formula is C37H39FN8O5. The first-order valence-electron chi connectivity index (χ1n) is 17.3. The van der Waals surface area contributed by atoms with Gasteiger partial charge in [0.1, 0.15) is 28.7 Å². The molecule has 0 radical (unpaired) electrons. The molecule has 2 amide bonds. The Bertz CT molecular complexity index is 2290. The Morgan fingerprint density at radius 1 is 1.14 bits per heavy atom. The normalized spacial score (nSPS) is 21.8. The van der Waals surface area contributed by atoms with E-state index >= 15 is 0 Å². The molecule has 1 saturated carbocycles. The predicted octanol–water partition coefficient (Wildman–Crippen LogP) is 5.39. The molecule has 1 aliphatic carbocycles. The van der Waals surface area contributed by atoms with Crippen LogP contribution in [0.15, 0.2) is 59.7 Å². The maximum Gasteiger partial charge on any atom is 0.410 e. The van der Waals surface area contributed by atoms with Crippen LogP contribution < -0.4 is 11.0 Å². The maximum atomic E-state index is 15.0. The van der Waals surface area contributed by atoms with E-state index in [2.05, 4.69) is 22.4 Å². The fourth-order valence-corrected chi connectivity index (χ4v) is 8.24. The molecule has 5 heterocycles. The number of H-pyrrole nitrogens is 1. The monoisotopic (exact) mass is 694 g/mol. The largest absolute Gasteiger partial charge is 0.465 e. The first-order chi connectivity index (χ1) is 24.5. The number of hydrogen-bond donors (Lipinski definition) is 4. The van der Waals surface area contributed by atoms with Gasteiger partial charge in [-0.25, -0.2) is 18.7 Å². The Kier molecular flexibility index (Phi) is 7.74. The first kappa shape index (κ1) is 32.7. The van der Waals surface area contributed by atoms with Crippen LogP contribution in [0.25, 0.3) is 22.4 Å². The summed E-state index contributed by atoms with van der Waals surface area (Å²) < 4.78 is 24.8. The molecule has 51 heavy (non-hydrogen) atoms. The summed E-state index contributed by atoms with van der Waals surface area (Å²) >= 11 is 0. The van der Waals surface area contributed by atoms with Crippen molar-refractivity contribution in [2.24, 2.45) is 5.92 Å². The molecule has 0 unspecified atom stereocenters. The van der Waals surface area contributed by atoms with Crippen molar-refractivity contribution < 1.29 is 23.8 Å². The highest BCUT2D eigenvalue weighted by Crippen LogP contribution is 2.53. The Hall–Kier alpha value is -5.50. The summed E-state index contributed by atoms with van der Waals surface area (Å²) in [5, 5.41) is 26.5. The van der Waals surface area contributed by atoms with Gasteiger partial charge in [-0.15, -0.1) is 0 Å². The zero-order valence-electron chi connectivity index (χ0n) is 28.6. The molecule has 8 rings (SSSR count). The predicted molar refractivity (Wildman–Crippen MR) is 187 cm³/mol. The van der Waals surface area contributed by atoms with E-state index in [-0.39, 0.29) is 29.2 Å². The molecule has 264 valence electrons. The Morgan fingerprint density at radius 2 is 1.90 bits per heavy atom. The number of hydrogen-bond acceptors (Lipinski definition) is 6. The molecule has 0 spiro atoms. The topological polar surface area (TPSA) is 163 Å². The highest BCUT2D eigenvalue weighted by atomic mass is 19.1. The lowest BCUT2D eigenvalue weighted by molar-refractivity contribution is 0.0664. The molecule has 2 fully saturated rings. The molecule has 3 atom stereocenters. The molecule has 5 aromatic rings. The Labute approximate surface area is 292 Å². The molecule has 0 bridgehead atoms. The van der Waals surface area contributed by atoms with Gasteiger partial charge in [0.25, 0.3) is 5.91 Å². The molecule has 13 nitrogen and oxygen atoms in total. The van der Waals surface area contributed by atoms with Crippen LogP contribution in [0.2, 0.25) is 0 Å². The lowest BCUT2D eigenvalue weighted by Gasteiger charge is -2.34. The van der Waals surface area contributed by atoms with Crippen molar-refractivity contribution in [1.29, 1.82) is 5.41 Å². The number of carboxylic acid groups (broad SMARTS) is 1. The van der Waals surface area contributed by atoms with Crippen molar-refractivity contribution in [2.75, 3.05) is 19.8 Å². The summed E-state index contributed by atoms with van der Waals surface area (Å²) in [5.74, 6) is -0.148. The van der Waals surface area contributed by atoms with Gasteiger partial charge in [0.15, 0.2) is 0 Å². The standard InChI is InChI=1S/C37H39FN8O5/c1-20-16-26(5-6-27(20)38)46-32(44-13-11-40-35(44)48)31-22(3)43(12-8-28(31)42-46)33(47)30-18-25-17-24(23-9-14-51-15-10-23)4-7-29(25)45(30)37(19-21(37)2)34(39)41-36(49)50/h4-7,11,13,16-18,21-23H,8-10,12,14-15,19H2,1-3H3,(H2,39,41)(H,40,48)(H,49,50)/t21-,22-,37-/m0/s1. The van der Waals surface area contributed by atoms with Crippen LogP contribution in [0.4, 0.5) is 9.18 Å². The highest BCUT2D eigenvalue weighted by Gasteiger charge is 2.59. The minimum atomic E-state index is -1.33. The van der Waals surface area contributed by atoms with Crippen molar-refractivity contribution in [2.45, 2.75) is 64.0 Å². The third-order valence-electron chi connectivity index (χ3n) is 11.0. The summed E-state index contributed by atoms with van der Waals surface area (Å²) in [6, 6.07) is 12.1. The first-order valence-corrected chi connectivity index (χ1v) is 17.3. The number of nitrogens with zero attached hydrogens (tertiary/aromatic N) is 5. The van der Waals surface area contributed by atoms with Gasteiger partial charge in [-0.1, -0.05) is 13.0 Å². The number of imidazole rings is 1. The molecule has 3 aromatic heterocycles. The van der Waals surface area contributed by atoms with E-state index in [1.165, 1.54) is 16.8 Å². The Balaban J connectivity index is 1.26. The van der Waals surface area contributed by atoms with Crippen LogP contribution in [-0.2, 0) is 16.7 Å². The minimum Gasteiger partial charge on any atom is -0.465 e. The van der Waals surface area contributed by atoms with Crippen LogP contribution in [0.5, 0.6) is 0 Å². The number of halogens is 1. The van der Waals surface area contributed by atoms with Gasteiger partial charge >= 0.3 is 11.8 Å². The number of aromatic amines is 1. The van der Waals surface area contributed by atoms with Gasteiger partial charge in [0.05, 0.1) is 17.4 Å². The van der Waals surface area contributed by atoms with Crippen LogP contribution in [0, 0.1) is 24.1 Å². The van der Waals surface area contributed by atoms with Gasteiger partial charge in [-0.3, -0.25) is 20.1 Å². The fourth-order valence-electron chi connectivity index (χ4n) is 8.24. The SMILES string of the molecule is Cc1cc(-n2nc3c(c2-n2cc[nH]c2=O)[C@H](C)N(C(=O)c2cc4cc(C5CCOCC5)ccc4n2[C@@]2(C(=N)NC(=O)O)C[C@@H]2C)CC3)ccc1F. The van der Waals surface area contributed by atoms with Gasteiger partial charge in [0.2, 0.25) is 0 Å². The summed E-state index contributed by atoms with van der Waals surface area (Å²) in [6.45, 7) is 7.23. The Morgan fingerprint density at radius 3 is 2.57 bits per heavy atom. The van der Waals surface area contributed by atoms with Crippen molar-refractivity contribution in [1.82, 2.24) is 34.1 Å². The van der Waals surface area contributed by atoms with E-state index in [0.29, 0.717) is 66.8 Å². The average molecular weight is 695 g/mol. The average Bonchev–Trinajstić information content (AvgIpc) is 3.42. The van der Waals surface area contributed by atoms with E-state index in [1.54, 1.807) is 34.8 Å². The number of nitrogens with one attached hydrogen (secondary N) is 3.